The maximum atomic E-state index is 13.1. The maximum Gasteiger partial charge on any atom is 0.416 e. The van der Waals surface area contributed by atoms with Crippen molar-refractivity contribution in [2.45, 2.75) is 12.3 Å². The van der Waals surface area contributed by atoms with E-state index in [0.717, 1.165) is 12.1 Å². The van der Waals surface area contributed by atoms with Crippen molar-refractivity contribution in [3.63, 3.8) is 0 Å². The van der Waals surface area contributed by atoms with Crippen LogP contribution in [0.5, 0.6) is 0 Å². The van der Waals surface area contributed by atoms with Gasteiger partial charge in [0.15, 0.2) is 0 Å². The summed E-state index contributed by atoms with van der Waals surface area (Å²) in [5, 5.41) is 10.2. The number of aliphatic hydroxyl groups is 1. The van der Waals surface area contributed by atoms with Crippen LogP contribution in [0.3, 0.4) is 0 Å². The van der Waals surface area contributed by atoms with Crippen molar-refractivity contribution >= 4 is 11.0 Å². The van der Waals surface area contributed by atoms with Crippen molar-refractivity contribution in [3.05, 3.63) is 65.2 Å². The molecule has 1 unspecified atom stereocenters. The van der Waals surface area contributed by atoms with E-state index in [2.05, 4.69) is 9.97 Å². The van der Waals surface area contributed by atoms with Crippen LogP contribution in [0.1, 0.15) is 23.1 Å². The summed E-state index contributed by atoms with van der Waals surface area (Å²) in [4.78, 5) is 6.87. The molecule has 0 radical (unpaired) electrons. The molecule has 0 aliphatic heterocycles. The third kappa shape index (κ3) is 2.67. The second-order valence-corrected chi connectivity index (χ2v) is 4.81. The standard InChI is InChI=1S/C15H10F4N2O/c16-10-5-6-11-12(7-10)21-14(20-11)13(22)8-1-3-9(4-2-8)15(17,18)19/h1-7,13,22H,(H,20,21). The topological polar surface area (TPSA) is 48.9 Å². The number of nitrogens with one attached hydrogen (secondary N) is 1. The Balaban J connectivity index is 1.93. The largest absolute Gasteiger partial charge is 0.416 e. The Hall–Kier alpha value is -2.41. The van der Waals surface area contributed by atoms with Gasteiger partial charge in [0, 0.05) is 6.07 Å². The van der Waals surface area contributed by atoms with E-state index < -0.39 is 23.7 Å². The van der Waals surface area contributed by atoms with Gasteiger partial charge in [-0.3, -0.25) is 0 Å². The molecular formula is C15H10F4N2O. The Morgan fingerprint density at radius 3 is 2.36 bits per heavy atom. The number of hydrogen-bond acceptors (Lipinski definition) is 2. The van der Waals surface area contributed by atoms with Gasteiger partial charge in [0.05, 0.1) is 16.6 Å². The first-order chi connectivity index (χ1) is 10.3. The molecule has 0 spiro atoms. The van der Waals surface area contributed by atoms with Gasteiger partial charge in [-0.1, -0.05) is 12.1 Å². The van der Waals surface area contributed by atoms with Crippen molar-refractivity contribution in [3.8, 4) is 0 Å². The first-order valence-corrected chi connectivity index (χ1v) is 6.35. The second-order valence-electron chi connectivity index (χ2n) is 4.81. The molecule has 1 heterocycles. The van der Waals surface area contributed by atoms with Crippen molar-refractivity contribution in [2.75, 3.05) is 0 Å². The number of alkyl halides is 3. The van der Waals surface area contributed by atoms with E-state index >= 15 is 0 Å². The summed E-state index contributed by atoms with van der Waals surface area (Å²) in [7, 11) is 0. The van der Waals surface area contributed by atoms with Crippen LogP contribution in [0, 0.1) is 5.82 Å². The molecule has 0 aliphatic carbocycles. The van der Waals surface area contributed by atoms with Gasteiger partial charge >= 0.3 is 6.18 Å². The zero-order chi connectivity index (χ0) is 15.9. The van der Waals surface area contributed by atoms with Gasteiger partial charge in [-0.2, -0.15) is 13.2 Å². The Bertz CT molecular complexity index is 809. The average Bonchev–Trinajstić information content (AvgIpc) is 2.88. The zero-order valence-corrected chi connectivity index (χ0v) is 11.0. The normalized spacial score (nSPS) is 13.5. The van der Waals surface area contributed by atoms with E-state index in [9.17, 15) is 22.7 Å². The zero-order valence-electron chi connectivity index (χ0n) is 11.0. The molecule has 2 N–H and O–H groups in total. The number of halogens is 4. The fraction of sp³-hybridized carbons (Fsp3) is 0.133. The predicted octanol–water partition coefficient (Wildman–Crippen LogP) is 3.80. The van der Waals surface area contributed by atoms with Crippen molar-refractivity contribution in [1.82, 2.24) is 9.97 Å². The summed E-state index contributed by atoms with van der Waals surface area (Å²) in [6.45, 7) is 0. The lowest BCUT2D eigenvalue weighted by molar-refractivity contribution is -0.137. The van der Waals surface area contributed by atoms with Gasteiger partial charge in [0.2, 0.25) is 0 Å². The Morgan fingerprint density at radius 1 is 1.05 bits per heavy atom. The minimum Gasteiger partial charge on any atom is -0.380 e. The molecule has 7 heteroatoms. The maximum absolute atomic E-state index is 13.1. The van der Waals surface area contributed by atoms with E-state index in [1.54, 1.807) is 0 Å². The van der Waals surface area contributed by atoms with Crippen molar-refractivity contribution < 1.29 is 22.7 Å². The smallest absolute Gasteiger partial charge is 0.380 e. The van der Waals surface area contributed by atoms with Crippen molar-refractivity contribution in [2.24, 2.45) is 0 Å². The Kier molecular flexibility index (Phi) is 3.37. The minimum atomic E-state index is -4.43. The second kappa shape index (κ2) is 5.10. The van der Waals surface area contributed by atoms with Gasteiger partial charge < -0.3 is 10.1 Å². The first kappa shape index (κ1) is 14.5. The highest BCUT2D eigenvalue weighted by Gasteiger charge is 2.30. The number of nitrogens with zero attached hydrogens (tertiary/aromatic N) is 1. The molecule has 3 rings (SSSR count). The van der Waals surface area contributed by atoms with Crippen LogP contribution in [-0.2, 0) is 6.18 Å². The molecule has 1 atom stereocenters. The predicted molar refractivity (Wildman–Crippen MR) is 71.6 cm³/mol. The summed E-state index contributed by atoms with van der Waals surface area (Å²) in [6, 6.07) is 8.06. The molecule has 114 valence electrons. The quantitative estimate of drug-likeness (QED) is 0.707. The van der Waals surface area contributed by atoms with E-state index in [0.29, 0.717) is 11.0 Å². The molecule has 0 amide bonds. The molecule has 2 aromatic carbocycles. The summed E-state index contributed by atoms with van der Waals surface area (Å²) in [5.74, 6) is -0.324. The van der Waals surface area contributed by atoms with Crippen LogP contribution in [0.15, 0.2) is 42.5 Å². The molecule has 22 heavy (non-hydrogen) atoms. The van der Waals surface area contributed by atoms with Crippen LogP contribution < -0.4 is 0 Å². The highest BCUT2D eigenvalue weighted by atomic mass is 19.4. The number of rotatable bonds is 2. The lowest BCUT2D eigenvalue weighted by Gasteiger charge is -2.10. The lowest BCUT2D eigenvalue weighted by atomic mass is 10.1. The van der Waals surface area contributed by atoms with Crippen LogP contribution >= 0.6 is 0 Å². The van der Waals surface area contributed by atoms with Crippen LogP contribution in [0.4, 0.5) is 17.6 Å². The number of benzene rings is 2. The molecule has 1 aromatic heterocycles. The number of H-pyrrole nitrogens is 1. The molecule has 0 aliphatic rings. The molecule has 0 fully saturated rings. The molecular weight excluding hydrogens is 300 g/mol. The third-order valence-electron chi connectivity index (χ3n) is 3.28. The molecule has 0 saturated carbocycles. The third-order valence-corrected chi connectivity index (χ3v) is 3.28. The number of fused-ring (bicyclic) bond motifs is 1. The van der Waals surface area contributed by atoms with E-state index in [4.69, 9.17) is 0 Å². The number of imidazole rings is 1. The van der Waals surface area contributed by atoms with Crippen molar-refractivity contribution in [1.29, 1.82) is 0 Å². The highest BCUT2D eigenvalue weighted by molar-refractivity contribution is 5.75. The average molecular weight is 310 g/mol. The number of aromatic nitrogens is 2. The lowest BCUT2D eigenvalue weighted by Crippen LogP contribution is -2.06. The Morgan fingerprint density at radius 2 is 1.73 bits per heavy atom. The van der Waals surface area contributed by atoms with Gasteiger partial charge in [-0.15, -0.1) is 0 Å². The van der Waals surface area contributed by atoms with Gasteiger partial charge in [0.1, 0.15) is 17.7 Å². The van der Waals surface area contributed by atoms with E-state index in [1.807, 2.05) is 0 Å². The van der Waals surface area contributed by atoms with E-state index in [-0.39, 0.29) is 11.4 Å². The van der Waals surface area contributed by atoms with Crippen LogP contribution in [0.2, 0.25) is 0 Å². The minimum absolute atomic E-state index is 0.139. The summed E-state index contributed by atoms with van der Waals surface area (Å²) >= 11 is 0. The SMILES string of the molecule is OC(c1ccc(C(F)(F)F)cc1)c1nc2cc(F)ccc2[nH]1. The van der Waals surface area contributed by atoms with Crippen LogP contribution in [-0.4, -0.2) is 15.1 Å². The molecule has 3 aromatic rings. The van der Waals surface area contributed by atoms with Crippen LogP contribution in [0.25, 0.3) is 11.0 Å². The van der Waals surface area contributed by atoms with Gasteiger partial charge in [-0.05, 0) is 29.8 Å². The number of aliphatic hydroxyl groups excluding tert-OH is 1. The summed E-state index contributed by atoms with van der Waals surface area (Å²) < 4.78 is 50.6. The highest BCUT2D eigenvalue weighted by Crippen LogP contribution is 2.31. The van der Waals surface area contributed by atoms with Gasteiger partial charge in [-0.25, -0.2) is 9.37 Å². The fourth-order valence-corrected chi connectivity index (χ4v) is 2.14. The monoisotopic (exact) mass is 310 g/mol. The fourth-order valence-electron chi connectivity index (χ4n) is 2.14. The number of hydrogen-bond donors (Lipinski definition) is 2. The summed E-state index contributed by atoms with van der Waals surface area (Å²) in [6.07, 6.45) is -5.65. The Labute approximate surface area is 122 Å². The molecule has 3 nitrogen and oxygen atoms in total. The summed E-state index contributed by atoms with van der Waals surface area (Å²) in [5.41, 5.74) is 0.325. The number of aromatic amines is 1. The molecule has 0 saturated heterocycles. The molecule has 0 bridgehead atoms. The van der Waals surface area contributed by atoms with Gasteiger partial charge in [0.25, 0.3) is 0 Å². The van der Waals surface area contributed by atoms with E-state index in [1.165, 1.54) is 30.3 Å². The first-order valence-electron chi connectivity index (χ1n) is 6.35.